The van der Waals surface area contributed by atoms with Gasteiger partial charge in [0, 0.05) is 6.61 Å². The first-order valence-corrected chi connectivity index (χ1v) is 7.14. The molecule has 2 heteroatoms. The molecule has 94 valence electrons. The van der Waals surface area contributed by atoms with Gasteiger partial charge in [0.05, 0.1) is 12.2 Å². The third kappa shape index (κ3) is 4.06. The van der Waals surface area contributed by atoms with E-state index in [0.29, 0.717) is 6.10 Å². The van der Waals surface area contributed by atoms with E-state index >= 15 is 0 Å². The van der Waals surface area contributed by atoms with Crippen molar-refractivity contribution in [3.05, 3.63) is 0 Å². The van der Waals surface area contributed by atoms with Gasteiger partial charge in [-0.15, -0.1) is 0 Å². The number of hydrogen-bond acceptors (Lipinski definition) is 2. The van der Waals surface area contributed by atoms with Crippen LogP contribution < -0.4 is 0 Å². The van der Waals surface area contributed by atoms with E-state index in [1.165, 1.54) is 51.4 Å². The van der Waals surface area contributed by atoms with Gasteiger partial charge in [0.1, 0.15) is 0 Å². The van der Waals surface area contributed by atoms with Crippen LogP contribution in [0.2, 0.25) is 0 Å². The molecule has 1 heterocycles. The number of hydrogen-bond donors (Lipinski definition) is 1. The molecular formula is C14H26O2. The summed E-state index contributed by atoms with van der Waals surface area (Å²) in [7, 11) is 0. The molecule has 3 atom stereocenters. The summed E-state index contributed by atoms with van der Waals surface area (Å²) in [5.41, 5.74) is 0. The second kappa shape index (κ2) is 6.61. The maximum Gasteiger partial charge on any atom is 0.0576 e. The van der Waals surface area contributed by atoms with Gasteiger partial charge in [0.15, 0.2) is 0 Å². The van der Waals surface area contributed by atoms with Gasteiger partial charge >= 0.3 is 0 Å². The van der Waals surface area contributed by atoms with Crippen LogP contribution >= 0.6 is 0 Å². The Balaban J connectivity index is 1.60. The molecule has 1 aliphatic carbocycles. The van der Waals surface area contributed by atoms with Crippen molar-refractivity contribution in [3.8, 4) is 0 Å². The zero-order chi connectivity index (χ0) is 11.2. The lowest BCUT2D eigenvalue weighted by Gasteiger charge is -2.17. The molecule has 1 saturated heterocycles. The van der Waals surface area contributed by atoms with Gasteiger partial charge in [-0.1, -0.05) is 32.1 Å². The largest absolute Gasteiger partial charge is 0.393 e. The Morgan fingerprint density at radius 1 is 1.00 bits per heavy atom. The first kappa shape index (κ1) is 12.4. The molecule has 0 spiro atoms. The number of aliphatic hydroxyl groups is 1. The summed E-state index contributed by atoms with van der Waals surface area (Å²) in [6.45, 7) is 0.979. The van der Waals surface area contributed by atoms with Crippen molar-refractivity contribution in [2.24, 2.45) is 5.92 Å². The van der Waals surface area contributed by atoms with E-state index in [1.54, 1.807) is 0 Å². The molecule has 1 N–H and O–H groups in total. The summed E-state index contributed by atoms with van der Waals surface area (Å²) < 4.78 is 5.64. The van der Waals surface area contributed by atoms with Gasteiger partial charge in [-0.2, -0.15) is 0 Å². The SMILES string of the molecule is OC1CCCCC(CCCC2CCCO2)C1. The van der Waals surface area contributed by atoms with E-state index in [0.717, 1.165) is 25.4 Å². The van der Waals surface area contributed by atoms with Crippen molar-refractivity contribution in [1.29, 1.82) is 0 Å². The molecule has 0 aromatic carbocycles. The highest BCUT2D eigenvalue weighted by molar-refractivity contribution is 4.72. The minimum absolute atomic E-state index is 0.0183. The van der Waals surface area contributed by atoms with Crippen LogP contribution in [0.1, 0.15) is 64.2 Å². The zero-order valence-corrected chi connectivity index (χ0v) is 10.4. The molecule has 2 nitrogen and oxygen atoms in total. The summed E-state index contributed by atoms with van der Waals surface area (Å²) in [6, 6.07) is 0. The average molecular weight is 226 g/mol. The summed E-state index contributed by atoms with van der Waals surface area (Å²) in [5.74, 6) is 0.777. The van der Waals surface area contributed by atoms with Crippen molar-refractivity contribution < 1.29 is 9.84 Å². The predicted octanol–water partition coefficient (Wildman–Crippen LogP) is 3.28. The summed E-state index contributed by atoms with van der Waals surface area (Å²) in [6.07, 6.45) is 12.9. The highest BCUT2D eigenvalue weighted by Gasteiger charge is 2.19. The topological polar surface area (TPSA) is 29.5 Å². The van der Waals surface area contributed by atoms with E-state index in [-0.39, 0.29) is 6.10 Å². The first-order valence-electron chi connectivity index (χ1n) is 7.14. The molecule has 16 heavy (non-hydrogen) atoms. The molecule has 3 unspecified atom stereocenters. The summed E-state index contributed by atoms with van der Waals surface area (Å²) in [5, 5.41) is 9.75. The summed E-state index contributed by atoms with van der Waals surface area (Å²) in [4.78, 5) is 0. The van der Waals surface area contributed by atoms with Crippen molar-refractivity contribution in [2.45, 2.75) is 76.4 Å². The highest BCUT2D eigenvalue weighted by Crippen LogP contribution is 2.28. The zero-order valence-electron chi connectivity index (χ0n) is 10.4. The Morgan fingerprint density at radius 2 is 1.88 bits per heavy atom. The molecule has 0 aromatic heterocycles. The van der Waals surface area contributed by atoms with Crippen molar-refractivity contribution >= 4 is 0 Å². The second-order valence-electron chi connectivity index (χ2n) is 5.61. The van der Waals surface area contributed by atoms with Gasteiger partial charge in [-0.25, -0.2) is 0 Å². The van der Waals surface area contributed by atoms with E-state index in [4.69, 9.17) is 4.74 Å². The van der Waals surface area contributed by atoms with Crippen LogP contribution in [0.25, 0.3) is 0 Å². The lowest BCUT2D eigenvalue weighted by Crippen LogP contribution is -2.11. The van der Waals surface area contributed by atoms with E-state index in [1.807, 2.05) is 0 Å². The van der Waals surface area contributed by atoms with Crippen LogP contribution in [0.15, 0.2) is 0 Å². The van der Waals surface area contributed by atoms with E-state index in [9.17, 15) is 5.11 Å². The second-order valence-corrected chi connectivity index (χ2v) is 5.61. The molecule has 1 aliphatic heterocycles. The van der Waals surface area contributed by atoms with Crippen LogP contribution in [0, 0.1) is 5.92 Å². The highest BCUT2D eigenvalue weighted by atomic mass is 16.5. The normalized spacial score (nSPS) is 36.2. The van der Waals surface area contributed by atoms with Gasteiger partial charge < -0.3 is 9.84 Å². The Morgan fingerprint density at radius 3 is 2.69 bits per heavy atom. The fourth-order valence-corrected chi connectivity index (χ4v) is 3.20. The van der Waals surface area contributed by atoms with Gasteiger partial charge in [0.25, 0.3) is 0 Å². The Hall–Kier alpha value is -0.0800. The van der Waals surface area contributed by atoms with Gasteiger partial charge in [-0.3, -0.25) is 0 Å². The smallest absolute Gasteiger partial charge is 0.0576 e. The van der Waals surface area contributed by atoms with Crippen molar-refractivity contribution in [3.63, 3.8) is 0 Å². The minimum Gasteiger partial charge on any atom is -0.393 e. The van der Waals surface area contributed by atoms with Crippen LogP contribution in [0.5, 0.6) is 0 Å². The third-order valence-corrected chi connectivity index (χ3v) is 4.17. The van der Waals surface area contributed by atoms with Gasteiger partial charge in [-0.05, 0) is 38.0 Å². The van der Waals surface area contributed by atoms with Crippen LogP contribution in [-0.4, -0.2) is 23.9 Å². The third-order valence-electron chi connectivity index (χ3n) is 4.17. The number of ether oxygens (including phenoxy) is 1. The first-order chi connectivity index (χ1) is 7.84. The fourth-order valence-electron chi connectivity index (χ4n) is 3.20. The monoisotopic (exact) mass is 226 g/mol. The minimum atomic E-state index is -0.0183. The van der Waals surface area contributed by atoms with Crippen LogP contribution in [-0.2, 0) is 4.74 Å². The standard InChI is InChI=1S/C14H26O2/c15-13-7-2-1-5-12(11-13)6-3-8-14-9-4-10-16-14/h12-15H,1-11H2. The van der Waals surface area contributed by atoms with Crippen LogP contribution in [0.4, 0.5) is 0 Å². The number of aliphatic hydroxyl groups excluding tert-OH is 1. The lowest BCUT2D eigenvalue weighted by atomic mass is 9.92. The maximum atomic E-state index is 9.75. The summed E-state index contributed by atoms with van der Waals surface area (Å²) >= 11 is 0. The Kier molecular flexibility index (Phi) is 5.11. The number of rotatable bonds is 4. The molecular weight excluding hydrogens is 200 g/mol. The lowest BCUT2D eigenvalue weighted by molar-refractivity contribution is 0.0983. The fraction of sp³-hybridized carbons (Fsp3) is 1.00. The van der Waals surface area contributed by atoms with Gasteiger partial charge in [0.2, 0.25) is 0 Å². The quantitative estimate of drug-likeness (QED) is 0.745. The predicted molar refractivity (Wildman–Crippen MR) is 65.4 cm³/mol. The molecule has 2 rings (SSSR count). The molecule has 0 amide bonds. The Bertz CT molecular complexity index is 187. The molecule has 2 aliphatic rings. The maximum absolute atomic E-state index is 9.75. The average Bonchev–Trinajstić information content (AvgIpc) is 2.69. The Labute approximate surface area is 99.4 Å². The molecule has 0 radical (unpaired) electrons. The van der Waals surface area contributed by atoms with E-state index in [2.05, 4.69) is 0 Å². The molecule has 0 aromatic rings. The molecule has 2 fully saturated rings. The molecule has 1 saturated carbocycles. The van der Waals surface area contributed by atoms with Crippen LogP contribution in [0.3, 0.4) is 0 Å². The van der Waals surface area contributed by atoms with Crippen molar-refractivity contribution in [2.75, 3.05) is 6.61 Å². The molecule has 0 bridgehead atoms. The van der Waals surface area contributed by atoms with E-state index < -0.39 is 0 Å². The van der Waals surface area contributed by atoms with Crippen molar-refractivity contribution in [1.82, 2.24) is 0 Å².